The molecule has 0 radical (unpaired) electrons. The van der Waals surface area contributed by atoms with Gasteiger partial charge in [-0.2, -0.15) is 0 Å². The van der Waals surface area contributed by atoms with Gasteiger partial charge in [0.2, 0.25) is 0 Å². The highest BCUT2D eigenvalue weighted by molar-refractivity contribution is 7.99. The predicted molar refractivity (Wildman–Crippen MR) is 129 cm³/mol. The van der Waals surface area contributed by atoms with Crippen molar-refractivity contribution in [3.05, 3.63) is 42.0 Å². The highest BCUT2D eigenvalue weighted by Gasteiger charge is 2.13. The van der Waals surface area contributed by atoms with Gasteiger partial charge in [0, 0.05) is 16.7 Å². The molecule has 0 heterocycles. The van der Waals surface area contributed by atoms with Crippen LogP contribution >= 0.6 is 11.8 Å². The average molecular weight is 445 g/mol. The highest BCUT2D eigenvalue weighted by Crippen LogP contribution is 2.36. The van der Waals surface area contributed by atoms with Crippen LogP contribution in [-0.4, -0.2) is 32.5 Å². The molecule has 5 heteroatoms. The molecule has 0 aliphatic heterocycles. The minimum atomic E-state index is -0.112. The van der Waals surface area contributed by atoms with Crippen LogP contribution < -0.4 is 9.47 Å². The van der Waals surface area contributed by atoms with E-state index in [1.54, 1.807) is 26.0 Å². The lowest BCUT2D eigenvalue weighted by molar-refractivity contribution is -0.144. The first-order valence-corrected chi connectivity index (χ1v) is 12.1. The van der Waals surface area contributed by atoms with Gasteiger partial charge in [-0.1, -0.05) is 50.8 Å². The van der Waals surface area contributed by atoms with Gasteiger partial charge in [0.1, 0.15) is 11.5 Å². The number of thioether (sulfide) groups is 1. The minimum absolute atomic E-state index is 0.112. The zero-order chi connectivity index (χ0) is 22.6. The molecule has 1 atom stereocenters. The Hall–Kier alpha value is -2.14. The minimum Gasteiger partial charge on any atom is -0.497 e. The van der Waals surface area contributed by atoms with Gasteiger partial charge >= 0.3 is 5.97 Å². The van der Waals surface area contributed by atoms with Crippen molar-refractivity contribution in [3.63, 3.8) is 0 Å². The summed E-state index contributed by atoms with van der Waals surface area (Å²) >= 11 is 1.68. The van der Waals surface area contributed by atoms with Crippen molar-refractivity contribution in [3.8, 4) is 22.6 Å². The van der Waals surface area contributed by atoms with Crippen molar-refractivity contribution in [1.29, 1.82) is 0 Å². The third-order valence-electron chi connectivity index (χ3n) is 5.38. The maximum absolute atomic E-state index is 12.2. The summed E-state index contributed by atoms with van der Waals surface area (Å²) in [6, 6.07) is 12.3. The van der Waals surface area contributed by atoms with Crippen LogP contribution in [0.5, 0.6) is 11.5 Å². The standard InChI is InChI=1S/C26H36O4S/c1-6-8-9-20(7-2)18-30-26(27)12-13-31-25-11-10-19(3)14-24(25)21-15-22(28-4)17-23(16-21)29-5/h10-11,14-17,20H,6-9,12-13,18H2,1-5H3. The molecule has 0 fully saturated rings. The first-order valence-electron chi connectivity index (χ1n) is 11.1. The van der Waals surface area contributed by atoms with Crippen LogP contribution in [0.4, 0.5) is 0 Å². The molecular weight excluding hydrogens is 408 g/mol. The van der Waals surface area contributed by atoms with Crippen LogP contribution in [0.25, 0.3) is 11.1 Å². The zero-order valence-electron chi connectivity index (χ0n) is 19.5. The molecule has 0 aliphatic rings. The molecule has 2 aromatic carbocycles. The number of hydrogen-bond acceptors (Lipinski definition) is 5. The average Bonchev–Trinajstić information content (AvgIpc) is 2.79. The number of methoxy groups -OCH3 is 2. The molecule has 170 valence electrons. The highest BCUT2D eigenvalue weighted by atomic mass is 32.2. The number of benzene rings is 2. The number of ether oxygens (including phenoxy) is 3. The van der Waals surface area contributed by atoms with Gasteiger partial charge in [-0.25, -0.2) is 0 Å². The van der Waals surface area contributed by atoms with Gasteiger partial charge in [-0.15, -0.1) is 11.8 Å². The van der Waals surface area contributed by atoms with Crippen LogP contribution in [-0.2, 0) is 9.53 Å². The predicted octanol–water partition coefficient (Wildman–Crippen LogP) is 6.92. The molecule has 1 unspecified atom stereocenters. The number of unbranched alkanes of at least 4 members (excludes halogenated alkanes) is 1. The lowest BCUT2D eigenvalue weighted by atomic mass is 10.0. The number of rotatable bonds is 13. The summed E-state index contributed by atoms with van der Waals surface area (Å²) in [5.74, 6) is 2.55. The summed E-state index contributed by atoms with van der Waals surface area (Å²) in [4.78, 5) is 13.4. The van der Waals surface area contributed by atoms with E-state index < -0.39 is 0 Å². The fourth-order valence-corrected chi connectivity index (χ4v) is 4.37. The third-order valence-corrected chi connectivity index (χ3v) is 6.46. The summed E-state index contributed by atoms with van der Waals surface area (Å²) in [5.41, 5.74) is 3.33. The van der Waals surface area contributed by atoms with Crippen LogP contribution in [0.3, 0.4) is 0 Å². The zero-order valence-corrected chi connectivity index (χ0v) is 20.3. The van der Waals surface area contributed by atoms with E-state index in [9.17, 15) is 4.79 Å². The number of carbonyl (C=O) groups is 1. The van der Waals surface area contributed by atoms with Crippen molar-refractivity contribution in [2.24, 2.45) is 5.92 Å². The van der Waals surface area contributed by atoms with Gasteiger partial charge in [0.15, 0.2) is 0 Å². The lowest BCUT2D eigenvalue weighted by Gasteiger charge is -2.15. The first kappa shape index (κ1) is 25.1. The Bertz CT molecular complexity index is 812. The van der Waals surface area contributed by atoms with E-state index in [0.717, 1.165) is 40.4 Å². The number of esters is 1. The van der Waals surface area contributed by atoms with E-state index >= 15 is 0 Å². The maximum Gasteiger partial charge on any atom is 0.306 e. The van der Waals surface area contributed by atoms with Gasteiger partial charge in [0.05, 0.1) is 27.2 Å². The number of hydrogen-bond donors (Lipinski definition) is 0. The summed E-state index contributed by atoms with van der Waals surface area (Å²) in [6.45, 7) is 6.97. The van der Waals surface area contributed by atoms with Crippen LogP contribution in [0.1, 0.15) is 51.5 Å². The van der Waals surface area contributed by atoms with Gasteiger partial charge in [-0.05, 0) is 48.6 Å². The fourth-order valence-electron chi connectivity index (χ4n) is 3.38. The molecule has 0 saturated heterocycles. The molecule has 31 heavy (non-hydrogen) atoms. The second kappa shape index (κ2) is 13.3. The van der Waals surface area contributed by atoms with E-state index in [1.165, 1.54) is 18.4 Å². The molecule has 2 rings (SSSR count). The van der Waals surface area contributed by atoms with E-state index in [2.05, 4.69) is 39.0 Å². The van der Waals surface area contributed by atoms with E-state index in [-0.39, 0.29) is 5.97 Å². The molecule has 2 aromatic rings. The van der Waals surface area contributed by atoms with Crippen molar-refractivity contribution >= 4 is 17.7 Å². The Labute approximate surface area is 191 Å². The Balaban J connectivity index is 2.01. The number of carbonyl (C=O) groups excluding carboxylic acids is 1. The van der Waals surface area contributed by atoms with Crippen LogP contribution in [0.15, 0.2) is 41.3 Å². The molecule has 0 saturated carbocycles. The first-order chi connectivity index (χ1) is 15.0. The van der Waals surface area contributed by atoms with Crippen molar-refractivity contribution in [2.45, 2.75) is 57.8 Å². The largest absolute Gasteiger partial charge is 0.497 e. The maximum atomic E-state index is 12.2. The van der Waals surface area contributed by atoms with Gasteiger partial charge in [0.25, 0.3) is 0 Å². The fraction of sp³-hybridized carbons (Fsp3) is 0.500. The molecular formula is C26H36O4S. The Morgan fingerprint density at radius 1 is 1.03 bits per heavy atom. The van der Waals surface area contributed by atoms with Crippen molar-refractivity contribution in [1.82, 2.24) is 0 Å². The molecule has 4 nitrogen and oxygen atoms in total. The monoisotopic (exact) mass is 444 g/mol. The SMILES string of the molecule is CCCCC(CC)COC(=O)CCSc1ccc(C)cc1-c1cc(OC)cc(OC)c1. The topological polar surface area (TPSA) is 44.8 Å². The normalized spacial score (nSPS) is 11.8. The van der Waals surface area contributed by atoms with Crippen molar-refractivity contribution in [2.75, 3.05) is 26.6 Å². The van der Waals surface area contributed by atoms with Gasteiger partial charge in [-0.3, -0.25) is 4.79 Å². The smallest absolute Gasteiger partial charge is 0.306 e. The molecule has 0 amide bonds. The number of aryl methyl sites for hydroxylation is 1. The van der Waals surface area contributed by atoms with Crippen LogP contribution in [0.2, 0.25) is 0 Å². The molecule has 0 bridgehead atoms. The molecule has 0 N–H and O–H groups in total. The molecule has 0 aliphatic carbocycles. The summed E-state index contributed by atoms with van der Waals surface area (Å²) < 4.78 is 16.4. The quantitative estimate of drug-likeness (QED) is 0.248. The third kappa shape index (κ3) is 8.13. The second-order valence-corrected chi connectivity index (χ2v) is 8.94. The second-order valence-electron chi connectivity index (χ2n) is 7.80. The lowest BCUT2D eigenvalue weighted by Crippen LogP contribution is -2.14. The molecule has 0 spiro atoms. The Morgan fingerprint density at radius 3 is 2.35 bits per heavy atom. The summed E-state index contributed by atoms with van der Waals surface area (Å²) in [5, 5.41) is 0. The Morgan fingerprint density at radius 2 is 1.74 bits per heavy atom. The van der Waals surface area contributed by atoms with Crippen LogP contribution in [0, 0.1) is 12.8 Å². The van der Waals surface area contributed by atoms with E-state index in [0.29, 0.717) is 24.7 Å². The van der Waals surface area contributed by atoms with Crippen molar-refractivity contribution < 1.29 is 19.0 Å². The summed E-state index contributed by atoms with van der Waals surface area (Å²) in [6.07, 6.45) is 4.96. The molecule has 0 aromatic heterocycles. The Kier molecular flexibility index (Phi) is 10.8. The van der Waals surface area contributed by atoms with E-state index in [4.69, 9.17) is 14.2 Å². The summed E-state index contributed by atoms with van der Waals surface area (Å²) in [7, 11) is 3.31. The van der Waals surface area contributed by atoms with E-state index in [1.807, 2.05) is 18.2 Å². The van der Waals surface area contributed by atoms with Gasteiger partial charge < -0.3 is 14.2 Å².